The Morgan fingerprint density at radius 3 is 2.39 bits per heavy atom. The smallest absolute Gasteiger partial charge is 0.248 e. The molecule has 0 bridgehead atoms. The highest BCUT2D eigenvalue weighted by molar-refractivity contribution is 4.81. The minimum Gasteiger partial charge on any atom is -0.254 e. The average Bonchev–Trinajstić information content (AvgIpc) is 2.27. The van der Waals surface area contributed by atoms with Gasteiger partial charge in [0.2, 0.25) is 5.92 Å². The summed E-state index contributed by atoms with van der Waals surface area (Å²) in [6, 6.07) is 1.05. The molecule has 106 valence electrons. The fourth-order valence-electron chi connectivity index (χ4n) is 3.42. The molecule has 18 heavy (non-hydrogen) atoms. The number of rotatable bonds is 3. The number of alkyl halides is 2. The number of hydrogen-bond donors (Lipinski definition) is 1. The molecule has 3 unspecified atom stereocenters. The van der Waals surface area contributed by atoms with Crippen LogP contribution < -0.4 is 5.43 Å². The molecule has 2 aliphatic rings. The molecule has 3 atom stereocenters. The lowest BCUT2D eigenvalue weighted by molar-refractivity contribution is -0.0576. The van der Waals surface area contributed by atoms with E-state index in [-0.39, 0.29) is 18.8 Å². The summed E-state index contributed by atoms with van der Waals surface area (Å²) >= 11 is 0. The molecule has 0 amide bonds. The summed E-state index contributed by atoms with van der Waals surface area (Å²) in [5, 5.41) is 2.29. The topological polar surface area (TPSA) is 15.3 Å². The van der Waals surface area contributed by atoms with Crippen LogP contribution in [-0.4, -0.2) is 29.6 Å². The van der Waals surface area contributed by atoms with Gasteiger partial charge in [0.25, 0.3) is 0 Å². The highest BCUT2D eigenvalue weighted by Crippen LogP contribution is 2.36. The lowest BCUT2D eigenvalue weighted by Gasteiger charge is -2.40. The zero-order valence-corrected chi connectivity index (χ0v) is 11.6. The minimum atomic E-state index is -2.43. The van der Waals surface area contributed by atoms with Crippen LogP contribution in [0.15, 0.2) is 0 Å². The molecule has 1 N–H and O–H groups in total. The molecule has 0 aromatic heterocycles. The van der Waals surface area contributed by atoms with Crippen molar-refractivity contribution in [2.75, 3.05) is 6.54 Å². The Hall–Kier alpha value is -0.220. The second-order valence-electron chi connectivity index (χ2n) is 6.22. The summed E-state index contributed by atoms with van der Waals surface area (Å²) in [6.07, 6.45) is 5.46. The Morgan fingerprint density at radius 2 is 1.78 bits per heavy atom. The van der Waals surface area contributed by atoms with Crippen molar-refractivity contribution in [3.8, 4) is 0 Å². The van der Waals surface area contributed by atoms with Gasteiger partial charge in [-0.3, -0.25) is 5.43 Å². The number of hydrazine groups is 1. The van der Waals surface area contributed by atoms with E-state index in [2.05, 4.69) is 24.3 Å². The molecule has 1 saturated carbocycles. The van der Waals surface area contributed by atoms with Crippen molar-refractivity contribution < 1.29 is 8.78 Å². The van der Waals surface area contributed by atoms with Gasteiger partial charge in [-0.15, -0.1) is 0 Å². The lowest BCUT2D eigenvalue weighted by Crippen LogP contribution is -2.53. The summed E-state index contributed by atoms with van der Waals surface area (Å²) in [4.78, 5) is 0. The first kappa shape index (κ1) is 14.2. The van der Waals surface area contributed by atoms with Gasteiger partial charge in [-0.25, -0.2) is 13.8 Å². The largest absolute Gasteiger partial charge is 0.254 e. The first-order chi connectivity index (χ1) is 8.48. The quantitative estimate of drug-likeness (QED) is 0.834. The van der Waals surface area contributed by atoms with Crippen LogP contribution >= 0.6 is 0 Å². The van der Waals surface area contributed by atoms with E-state index in [1.165, 1.54) is 19.3 Å². The zero-order chi connectivity index (χ0) is 13.2. The van der Waals surface area contributed by atoms with Crippen LogP contribution in [0.25, 0.3) is 0 Å². The maximum atomic E-state index is 13.3. The van der Waals surface area contributed by atoms with Crippen LogP contribution in [0.4, 0.5) is 8.78 Å². The summed E-state index contributed by atoms with van der Waals surface area (Å²) < 4.78 is 26.7. The molecule has 0 aromatic carbocycles. The average molecular weight is 260 g/mol. The fourth-order valence-corrected chi connectivity index (χ4v) is 3.42. The number of nitrogens with one attached hydrogen (secondary N) is 1. The predicted molar refractivity (Wildman–Crippen MR) is 69.5 cm³/mol. The Kier molecular flexibility index (Phi) is 4.59. The Bertz CT molecular complexity index is 261. The van der Waals surface area contributed by atoms with Crippen molar-refractivity contribution >= 4 is 0 Å². The van der Waals surface area contributed by atoms with E-state index in [0.29, 0.717) is 25.0 Å². The van der Waals surface area contributed by atoms with E-state index < -0.39 is 5.92 Å². The molecule has 0 spiro atoms. The maximum absolute atomic E-state index is 13.3. The highest BCUT2D eigenvalue weighted by Gasteiger charge is 2.36. The molecule has 2 nitrogen and oxygen atoms in total. The van der Waals surface area contributed by atoms with E-state index in [9.17, 15) is 8.78 Å². The van der Waals surface area contributed by atoms with E-state index in [4.69, 9.17) is 0 Å². The zero-order valence-electron chi connectivity index (χ0n) is 11.6. The second kappa shape index (κ2) is 5.83. The van der Waals surface area contributed by atoms with E-state index in [1.807, 2.05) is 0 Å². The van der Waals surface area contributed by atoms with Crippen molar-refractivity contribution in [2.24, 2.45) is 5.92 Å². The molecule has 0 aromatic rings. The molecule has 1 saturated heterocycles. The van der Waals surface area contributed by atoms with E-state index in [1.54, 1.807) is 0 Å². The van der Waals surface area contributed by atoms with Gasteiger partial charge in [-0.2, -0.15) is 0 Å². The Balaban J connectivity index is 1.79. The molecule has 2 fully saturated rings. The number of piperidine rings is 1. The molecule has 1 aliphatic heterocycles. The first-order valence-electron chi connectivity index (χ1n) is 7.37. The van der Waals surface area contributed by atoms with Crippen LogP contribution in [0.2, 0.25) is 0 Å². The van der Waals surface area contributed by atoms with Crippen LogP contribution in [-0.2, 0) is 0 Å². The van der Waals surface area contributed by atoms with Gasteiger partial charge >= 0.3 is 0 Å². The first-order valence-corrected chi connectivity index (χ1v) is 7.37. The van der Waals surface area contributed by atoms with Gasteiger partial charge < -0.3 is 0 Å². The van der Waals surface area contributed by atoms with Crippen LogP contribution in [0.5, 0.6) is 0 Å². The van der Waals surface area contributed by atoms with Gasteiger partial charge in [-0.05, 0) is 45.4 Å². The monoisotopic (exact) mass is 260 g/mol. The third-order valence-corrected chi connectivity index (χ3v) is 4.50. The SMILES string of the molecule is CC1CCCC(C)N1NCC1CCCC(F)(F)C1. The van der Waals surface area contributed by atoms with Gasteiger partial charge in [0.1, 0.15) is 0 Å². The lowest BCUT2D eigenvalue weighted by atomic mass is 9.86. The molecule has 1 aliphatic carbocycles. The van der Waals surface area contributed by atoms with Crippen molar-refractivity contribution in [3.63, 3.8) is 0 Å². The minimum absolute atomic E-state index is 0.0661. The second-order valence-corrected chi connectivity index (χ2v) is 6.22. The van der Waals surface area contributed by atoms with Crippen LogP contribution in [0.1, 0.15) is 58.8 Å². The van der Waals surface area contributed by atoms with Crippen LogP contribution in [0, 0.1) is 5.92 Å². The molecule has 4 heteroatoms. The third-order valence-electron chi connectivity index (χ3n) is 4.50. The molecular formula is C14H26F2N2. The third kappa shape index (κ3) is 3.64. The van der Waals surface area contributed by atoms with Gasteiger partial charge in [-0.1, -0.05) is 6.42 Å². The number of hydrogen-bond acceptors (Lipinski definition) is 2. The predicted octanol–water partition coefficient (Wildman–Crippen LogP) is 3.58. The number of nitrogens with zero attached hydrogens (tertiary/aromatic N) is 1. The highest BCUT2D eigenvalue weighted by atomic mass is 19.3. The fraction of sp³-hybridized carbons (Fsp3) is 1.00. The maximum Gasteiger partial charge on any atom is 0.248 e. The summed E-state index contributed by atoms with van der Waals surface area (Å²) in [5.41, 5.74) is 3.43. The standard InChI is InChI=1S/C14H26F2N2/c1-11-5-3-6-12(2)18(11)17-10-13-7-4-8-14(15,16)9-13/h11-13,17H,3-10H2,1-2H3. The normalized spacial score (nSPS) is 37.7. The van der Waals surface area contributed by atoms with Crippen molar-refractivity contribution in [1.82, 2.24) is 10.4 Å². The van der Waals surface area contributed by atoms with Gasteiger partial charge in [0.05, 0.1) is 0 Å². The van der Waals surface area contributed by atoms with Crippen molar-refractivity contribution in [3.05, 3.63) is 0 Å². The molecule has 0 radical (unpaired) electrons. The van der Waals surface area contributed by atoms with Crippen LogP contribution in [0.3, 0.4) is 0 Å². The van der Waals surface area contributed by atoms with E-state index >= 15 is 0 Å². The summed E-state index contributed by atoms with van der Waals surface area (Å²) in [5.74, 6) is -2.29. The Labute approximate surface area is 109 Å². The summed E-state index contributed by atoms with van der Waals surface area (Å²) in [7, 11) is 0. The summed E-state index contributed by atoms with van der Waals surface area (Å²) in [6.45, 7) is 5.15. The van der Waals surface area contributed by atoms with Gasteiger partial charge in [0, 0.05) is 31.5 Å². The van der Waals surface area contributed by atoms with Crippen molar-refractivity contribution in [1.29, 1.82) is 0 Å². The molecule has 2 rings (SSSR count). The van der Waals surface area contributed by atoms with Gasteiger partial charge in [0.15, 0.2) is 0 Å². The Morgan fingerprint density at radius 1 is 1.11 bits per heavy atom. The van der Waals surface area contributed by atoms with Crippen molar-refractivity contribution in [2.45, 2.75) is 76.8 Å². The van der Waals surface area contributed by atoms with E-state index in [0.717, 1.165) is 6.42 Å². The molecular weight excluding hydrogens is 234 g/mol. The molecule has 1 heterocycles. The number of halogens is 2.